The first-order chi connectivity index (χ1) is 11.5. The van der Waals surface area contributed by atoms with Crippen LogP contribution in [0, 0.1) is 27.7 Å². The lowest BCUT2D eigenvalue weighted by atomic mass is 10.1. The minimum atomic E-state index is 0.401. The molecule has 0 spiro atoms. The van der Waals surface area contributed by atoms with E-state index in [9.17, 15) is 0 Å². The van der Waals surface area contributed by atoms with Crippen molar-refractivity contribution in [1.29, 1.82) is 0 Å². The highest BCUT2D eigenvalue weighted by Crippen LogP contribution is 2.24. The number of benzene rings is 1. The molecule has 7 nitrogen and oxygen atoms in total. The van der Waals surface area contributed by atoms with E-state index in [0.717, 1.165) is 16.8 Å². The van der Waals surface area contributed by atoms with Gasteiger partial charge in [0.15, 0.2) is 0 Å². The highest BCUT2D eigenvalue weighted by molar-refractivity contribution is 5.64. The second-order valence-corrected chi connectivity index (χ2v) is 5.63. The van der Waals surface area contributed by atoms with Crippen LogP contribution in [0.15, 0.2) is 30.6 Å². The number of rotatable bonds is 4. The molecule has 7 heteroatoms. The zero-order valence-electron chi connectivity index (χ0n) is 14.1. The molecule has 3 rings (SSSR count). The van der Waals surface area contributed by atoms with Crippen LogP contribution in [-0.4, -0.2) is 24.9 Å². The van der Waals surface area contributed by atoms with Gasteiger partial charge in [0.1, 0.15) is 5.82 Å². The van der Waals surface area contributed by atoms with Crippen LogP contribution < -0.4 is 10.6 Å². The molecule has 2 heterocycles. The van der Waals surface area contributed by atoms with Crippen LogP contribution in [-0.2, 0) is 0 Å². The normalized spacial score (nSPS) is 10.5. The summed E-state index contributed by atoms with van der Waals surface area (Å²) >= 11 is 0. The summed E-state index contributed by atoms with van der Waals surface area (Å²) in [6.45, 7) is 8.03. The van der Waals surface area contributed by atoms with Crippen molar-refractivity contribution in [2.75, 3.05) is 10.6 Å². The Labute approximate surface area is 140 Å². The third-order valence-electron chi connectivity index (χ3n) is 3.45. The molecule has 0 aliphatic rings. The Morgan fingerprint density at radius 1 is 0.708 bits per heavy atom. The van der Waals surface area contributed by atoms with Crippen molar-refractivity contribution in [3.05, 3.63) is 53.1 Å². The molecule has 2 N–H and O–H groups in total. The third kappa shape index (κ3) is 3.62. The van der Waals surface area contributed by atoms with Crippen molar-refractivity contribution >= 4 is 23.5 Å². The second kappa shape index (κ2) is 6.57. The van der Waals surface area contributed by atoms with Crippen molar-refractivity contribution in [2.24, 2.45) is 0 Å². The van der Waals surface area contributed by atoms with Gasteiger partial charge in [-0.15, -0.1) is 0 Å². The molecule has 0 radical (unpaired) electrons. The molecule has 0 saturated carbocycles. The summed E-state index contributed by atoms with van der Waals surface area (Å²) < 4.78 is 0. The summed E-state index contributed by atoms with van der Waals surface area (Å²) in [6, 6.07) is 6.00. The topological polar surface area (TPSA) is 88.5 Å². The van der Waals surface area contributed by atoms with E-state index in [2.05, 4.69) is 68.5 Å². The molecule has 0 atom stereocenters. The smallest absolute Gasteiger partial charge is 0.234 e. The first-order valence-corrected chi connectivity index (χ1v) is 7.63. The number of aryl methyl sites for hydroxylation is 4. The summed E-state index contributed by atoms with van der Waals surface area (Å²) in [6.07, 6.45) is 3.31. The van der Waals surface area contributed by atoms with Gasteiger partial charge in [0.25, 0.3) is 0 Å². The maximum absolute atomic E-state index is 4.40. The fourth-order valence-electron chi connectivity index (χ4n) is 2.55. The van der Waals surface area contributed by atoms with Gasteiger partial charge in [-0.1, -0.05) is 17.7 Å². The number of nitrogens with one attached hydrogen (secondary N) is 2. The zero-order valence-corrected chi connectivity index (χ0v) is 14.1. The first kappa shape index (κ1) is 15.8. The van der Waals surface area contributed by atoms with Crippen molar-refractivity contribution in [2.45, 2.75) is 27.7 Å². The maximum Gasteiger partial charge on any atom is 0.234 e. The van der Waals surface area contributed by atoms with Gasteiger partial charge in [-0.3, -0.25) is 5.32 Å². The van der Waals surface area contributed by atoms with Crippen molar-refractivity contribution in [3.63, 3.8) is 0 Å². The molecule has 2 aromatic heterocycles. The van der Waals surface area contributed by atoms with E-state index in [0.29, 0.717) is 23.7 Å². The zero-order chi connectivity index (χ0) is 17.1. The Balaban J connectivity index is 1.89. The van der Waals surface area contributed by atoms with E-state index in [1.807, 2.05) is 6.92 Å². The van der Waals surface area contributed by atoms with E-state index < -0.39 is 0 Å². The Kier molecular flexibility index (Phi) is 4.33. The van der Waals surface area contributed by atoms with Crippen molar-refractivity contribution in [1.82, 2.24) is 24.9 Å². The number of aromatic nitrogens is 5. The molecular formula is C17H19N7. The molecular weight excluding hydrogens is 302 g/mol. The van der Waals surface area contributed by atoms with Crippen LogP contribution in [0.3, 0.4) is 0 Å². The maximum atomic E-state index is 4.40. The van der Waals surface area contributed by atoms with Gasteiger partial charge in [-0.2, -0.15) is 15.0 Å². The predicted octanol–water partition coefficient (Wildman–Crippen LogP) is 3.38. The standard InChI is InChI=1S/C17H19N7/c1-10-8-11(2)14(12(3)9-10)22-16-20-13(4)21-17(24-16)23-15-18-6-5-7-19-15/h5-9H,1-4H3,(H2,18,19,20,21,22,23,24). The Morgan fingerprint density at radius 2 is 1.29 bits per heavy atom. The van der Waals surface area contributed by atoms with E-state index in [1.165, 1.54) is 5.56 Å². The number of hydrogen-bond acceptors (Lipinski definition) is 7. The Bertz CT molecular complexity index is 839. The lowest BCUT2D eigenvalue weighted by Crippen LogP contribution is -2.08. The molecule has 0 bridgehead atoms. The van der Waals surface area contributed by atoms with E-state index in [-0.39, 0.29) is 0 Å². The highest BCUT2D eigenvalue weighted by atomic mass is 15.3. The molecule has 122 valence electrons. The van der Waals surface area contributed by atoms with E-state index in [1.54, 1.807) is 18.5 Å². The van der Waals surface area contributed by atoms with Gasteiger partial charge in [0.2, 0.25) is 17.8 Å². The average molecular weight is 321 g/mol. The molecule has 0 aliphatic heterocycles. The Hall–Kier alpha value is -3.09. The largest absolute Gasteiger partial charge is 0.324 e. The van der Waals surface area contributed by atoms with Gasteiger partial charge >= 0.3 is 0 Å². The Morgan fingerprint density at radius 3 is 1.92 bits per heavy atom. The van der Waals surface area contributed by atoms with Crippen LogP contribution in [0.5, 0.6) is 0 Å². The van der Waals surface area contributed by atoms with Gasteiger partial charge in [-0.05, 0) is 44.9 Å². The first-order valence-electron chi connectivity index (χ1n) is 7.63. The molecule has 1 aromatic carbocycles. The highest BCUT2D eigenvalue weighted by Gasteiger charge is 2.09. The van der Waals surface area contributed by atoms with Gasteiger partial charge in [0.05, 0.1) is 0 Å². The molecule has 0 fully saturated rings. The summed E-state index contributed by atoms with van der Waals surface area (Å²) in [7, 11) is 0. The van der Waals surface area contributed by atoms with Crippen LogP contribution >= 0.6 is 0 Å². The van der Waals surface area contributed by atoms with Crippen LogP contribution in [0.4, 0.5) is 23.5 Å². The molecule has 0 aliphatic carbocycles. The van der Waals surface area contributed by atoms with Crippen LogP contribution in [0.25, 0.3) is 0 Å². The lowest BCUT2D eigenvalue weighted by Gasteiger charge is -2.13. The summed E-state index contributed by atoms with van der Waals surface area (Å²) in [5.41, 5.74) is 4.53. The van der Waals surface area contributed by atoms with Gasteiger partial charge < -0.3 is 5.32 Å². The summed E-state index contributed by atoms with van der Waals surface area (Å²) in [5.74, 6) is 1.93. The third-order valence-corrected chi connectivity index (χ3v) is 3.45. The van der Waals surface area contributed by atoms with Crippen molar-refractivity contribution < 1.29 is 0 Å². The minimum absolute atomic E-state index is 0.401. The van der Waals surface area contributed by atoms with E-state index in [4.69, 9.17) is 0 Å². The molecule has 0 saturated heterocycles. The summed E-state index contributed by atoms with van der Waals surface area (Å²) in [4.78, 5) is 21.3. The molecule has 0 unspecified atom stereocenters. The lowest BCUT2D eigenvalue weighted by molar-refractivity contribution is 0.979. The molecule has 0 amide bonds. The second-order valence-electron chi connectivity index (χ2n) is 5.63. The van der Waals surface area contributed by atoms with Crippen LogP contribution in [0.2, 0.25) is 0 Å². The molecule has 3 aromatic rings. The predicted molar refractivity (Wildman–Crippen MR) is 93.8 cm³/mol. The number of hydrogen-bond donors (Lipinski definition) is 2. The fourth-order valence-corrected chi connectivity index (χ4v) is 2.55. The van der Waals surface area contributed by atoms with E-state index >= 15 is 0 Å². The average Bonchev–Trinajstić information content (AvgIpc) is 2.51. The minimum Gasteiger partial charge on any atom is -0.324 e. The number of anilines is 4. The van der Waals surface area contributed by atoms with Crippen molar-refractivity contribution in [3.8, 4) is 0 Å². The van der Waals surface area contributed by atoms with Gasteiger partial charge in [-0.25, -0.2) is 9.97 Å². The number of nitrogens with zero attached hydrogens (tertiary/aromatic N) is 5. The monoisotopic (exact) mass is 321 g/mol. The fraction of sp³-hybridized carbons (Fsp3) is 0.235. The van der Waals surface area contributed by atoms with Gasteiger partial charge in [0, 0.05) is 18.1 Å². The molecule has 24 heavy (non-hydrogen) atoms. The quantitative estimate of drug-likeness (QED) is 0.761. The van der Waals surface area contributed by atoms with Crippen LogP contribution in [0.1, 0.15) is 22.5 Å². The summed E-state index contributed by atoms with van der Waals surface area (Å²) in [5, 5.41) is 6.28. The SMILES string of the molecule is Cc1cc(C)c(Nc2nc(C)nc(Nc3ncccn3)n2)c(C)c1.